The molecular weight excluding hydrogens is 220 g/mol. The number of aliphatic carboxylic acids is 1. The van der Waals surface area contributed by atoms with E-state index < -0.39 is 11.9 Å². The van der Waals surface area contributed by atoms with Crippen LogP contribution >= 0.6 is 0 Å². The van der Waals surface area contributed by atoms with Crippen LogP contribution in [-0.2, 0) is 14.3 Å². The number of carboxylic acids is 1. The zero-order chi connectivity index (χ0) is 12.9. The Balaban J connectivity index is 3.28. The zero-order valence-corrected chi connectivity index (χ0v) is 10.5. The fourth-order valence-electron chi connectivity index (χ4n) is 1.42. The van der Waals surface area contributed by atoms with E-state index in [9.17, 15) is 9.59 Å². The summed E-state index contributed by atoms with van der Waals surface area (Å²) in [6.45, 7) is 2.56. The van der Waals surface area contributed by atoms with E-state index in [0.29, 0.717) is 6.61 Å². The third kappa shape index (κ3) is 12.6. The summed E-state index contributed by atoms with van der Waals surface area (Å²) < 4.78 is 4.83. The molecule has 0 radical (unpaired) electrons. The highest BCUT2D eigenvalue weighted by molar-refractivity contribution is 5.90. The van der Waals surface area contributed by atoms with E-state index >= 15 is 0 Å². The summed E-state index contributed by atoms with van der Waals surface area (Å²) >= 11 is 0. The number of carboxylic acid groups (broad SMARTS) is 1. The molecule has 0 saturated carbocycles. The van der Waals surface area contributed by atoms with Crippen molar-refractivity contribution in [2.45, 2.75) is 51.9 Å². The van der Waals surface area contributed by atoms with E-state index in [-0.39, 0.29) is 0 Å². The van der Waals surface area contributed by atoms with Crippen LogP contribution in [0.3, 0.4) is 0 Å². The standard InChI is InChI=1S/C13H22O4/c1-2-3-4-5-6-7-8-11-17-13(16)10-9-12(14)15/h9-10H,2-8,11H2,1H3,(H,14,15)/b10-9-. The van der Waals surface area contributed by atoms with E-state index in [4.69, 9.17) is 9.84 Å². The highest BCUT2D eigenvalue weighted by atomic mass is 16.5. The molecule has 17 heavy (non-hydrogen) atoms. The molecule has 1 N–H and O–H groups in total. The Labute approximate surface area is 103 Å². The molecule has 0 aliphatic heterocycles. The molecule has 0 aliphatic carbocycles. The molecule has 0 atom stereocenters. The second-order valence-electron chi connectivity index (χ2n) is 3.96. The number of ether oxygens (including phenoxy) is 1. The Morgan fingerprint density at radius 3 is 2.18 bits per heavy atom. The van der Waals surface area contributed by atoms with Crippen molar-refractivity contribution in [3.8, 4) is 0 Å². The van der Waals surface area contributed by atoms with Gasteiger partial charge < -0.3 is 9.84 Å². The van der Waals surface area contributed by atoms with Crippen LogP contribution in [0.5, 0.6) is 0 Å². The van der Waals surface area contributed by atoms with Gasteiger partial charge in [0, 0.05) is 12.2 Å². The number of carbonyl (C=O) groups is 2. The normalized spacial score (nSPS) is 10.6. The zero-order valence-electron chi connectivity index (χ0n) is 10.5. The Kier molecular flexibility index (Phi) is 10.3. The Bertz CT molecular complexity index is 246. The molecule has 0 rings (SSSR count). The van der Waals surface area contributed by atoms with Crippen molar-refractivity contribution in [3.05, 3.63) is 12.2 Å². The van der Waals surface area contributed by atoms with Crippen molar-refractivity contribution >= 4 is 11.9 Å². The number of carbonyl (C=O) groups excluding carboxylic acids is 1. The topological polar surface area (TPSA) is 63.6 Å². The SMILES string of the molecule is CCCCCCCCCOC(=O)/C=C\C(=O)O. The maximum atomic E-state index is 10.9. The van der Waals surface area contributed by atoms with Crippen molar-refractivity contribution in [3.63, 3.8) is 0 Å². The van der Waals surface area contributed by atoms with E-state index in [0.717, 1.165) is 25.0 Å². The molecular formula is C13H22O4. The van der Waals surface area contributed by atoms with E-state index in [1.165, 1.54) is 32.1 Å². The molecule has 0 aliphatic rings. The van der Waals surface area contributed by atoms with Gasteiger partial charge >= 0.3 is 11.9 Å². The van der Waals surface area contributed by atoms with Gasteiger partial charge in [-0.25, -0.2) is 9.59 Å². The second kappa shape index (κ2) is 11.2. The second-order valence-corrected chi connectivity index (χ2v) is 3.96. The van der Waals surface area contributed by atoms with E-state index in [1.54, 1.807) is 0 Å². The molecule has 4 nitrogen and oxygen atoms in total. The van der Waals surface area contributed by atoms with Gasteiger partial charge in [0.2, 0.25) is 0 Å². The fraction of sp³-hybridized carbons (Fsp3) is 0.692. The van der Waals surface area contributed by atoms with Crippen molar-refractivity contribution in [1.29, 1.82) is 0 Å². The number of unbranched alkanes of at least 4 members (excludes halogenated alkanes) is 6. The molecule has 4 heteroatoms. The Morgan fingerprint density at radius 2 is 1.59 bits per heavy atom. The summed E-state index contributed by atoms with van der Waals surface area (Å²) in [5.41, 5.74) is 0. The predicted octanol–water partition coefficient (Wildman–Crippen LogP) is 2.92. The first-order valence-electron chi connectivity index (χ1n) is 6.24. The van der Waals surface area contributed by atoms with Gasteiger partial charge in [-0.3, -0.25) is 0 Å². The van der Waals surface area contributed by atoms with Crippen molar-refractivity contribution in [2.75, 3.05) is 6.61 Å². The lowest BCUT2D eigenvalue weighted by Crippen LogP contribution is -2.03. The quantitative estimate of drug-likeness (QED) is 0.363. The first kappa shape index (κ1) is 15.7. The van der Waals surface area contributed by atoms with Gasteiger partial charge in [0.05, 0.1) is 6.61 Å². The molecule has 0 bridgehead atoms. The molecule has 0 aromatic carbocycles. The first-order chi connectivity index (χ1) is 8.16. The molecule has 0 saturated heterocycles. The third-order valence-corrected chi connectivity index (χ3v) is 2.35. The minimum atomic E-state index is -1.14. The van der Waals surface area contributed by atoms with Crippen molar-refractivity contribution in [2.24, 2.45) is 0 Å². The highest BCUT2D eigenvalue weighted by Crippen LogP contribution is 2.06. The number of esters is 1. The number of hydrogen-bond donors (Lipinski definition) is 1. The average Bonchev–Trinajstić information content (AvgIpc) is 2.30. The average molecular weight is 242 g/mol. The predicted molar refractivity (Wildman–Crippen MR) is 65.7 cm³/mol. The van der Waals surface area contributed by atoms with Crippen LogP contribution in [0.25, 0.3) is 0 Å². The lowest BCUT2D eigenvalue weighted by molar-refractivity contribution is -0.138. The van der Waals surface area contributed by atoms with Gasteiger partial charge in [0.15, 0.2) is 0 Å². The molecule has 0 amide bonds. The monoisotopic (exact) mass is 242 g/mol. The molecule has 98 valence electrons. The van der Waals surface area contributed by atoms with Gasteiger partial charge in [-0.15, -0.1) is 0 Å². The van der Waals surface area contributed by atoms with E-state index in [1.807, 2.05) is 0 Å². The molecule has 0 unspecified atom stereocenters. The number of hydrogen-bond acceptors (Lipinski definition) is 3. The highest BCUT2D eigenvalue weighted by Gasteiger charge is 1.98. The molecule has 0 heterocycles. The van der Waals surface area contributed by atoms with Crippen LogP contribution in [0.1, 0.15) is 51.9 Å². The fourth-order valence-corrected chi connectivity index (χ4v) is 1.42. The summed E-state index contributed by atoms with van der Waals surface area (Å²) in [6, 6.07) is 0. The lowest BCUT2D eigenvalue weighted by atomic mass is 10.1. The smallest absolute Gasteiger partial charge is 0.331 e. The van der Waals surface area contributed by atoms with Crippen LogP contribution < -0.4 is 0 Å². The minimum Gasteiger partial charge on any atom is -0.478 e. The van der Waals surface area contributed by atoms with Gasteiger partial charge in [-0.2, -0.15) is 0 Å². The van der Waals surface area contributed by atoms with Crippen LogP contribution in [0.4, 0.5) is 0 Å². The minimum absolute atomic E-state index is 0.372. The Morgan fingerprint density at radius 1 is 1.00 bits per heavy atom. The maximum absolute atomic E-state index is 10.9. The van der Waals surface area contributed by atoms with Gasteiger partial charge in [-0.05, 0) is 6.42 Å². The molecule has 0 aromatic heterocycles. The summed E-state index contributed by atoms with van der Waals surface area (Å²) in [7, 11) is 0. The molecule has 0 fully saturated rings. The summed E-state index contributed by atoms with van der Waals surface area (Å²) in [5, 5.41) is 8.28. The first-order valence-corrected chi connectivity index (χ1v) is 6.24. The Hall–Kier alpha value is -1.32. The molecule has 0 spiro atoms. The van der Waals surface area contributed by atoms with Crippen LogP contribution in [-0.4, -0.2) is 23.7 Å². The maximum Gasteiger partial charge on any atom is 0.331 e. The summed E-state index contributed by atoms with van der Waals surface area (Å²) in [4.78, 5) is 21.1. The lowest BCUT2D eigenvalue weighted by Gasteiger charge is -2.02. The number of rotatable bonds is 10. The van der Waals surface area contributed by atoms with Gasteiger partial charge in [-0.1, -0.05) is 45.4 Å². The summed E-state index contributed by atoms with van der Waals surface area (Å²) in [6.07, 6.45) is 9.83. The van der Waals surface area contributed by atoms with Crippen LogP contribution in [0.2, 0.25) is 0 Å². The van der Waals surface area contributed by atoms with Crippen LogP contribution in [0.15, 0.2) is 12.2 Å². The van der Waals surface area contributed by atoms with Crippen LogP contribution in [0, 0.1) is 0 Å². The van der Waals surface area contributed by atoms with Crippen molar-refractivity contribution in [1.82, 2.24) is 0 Å². The van der Waals surface area contributed by atoms with E-state index in [2.05, 4.69) is 6.92 Å². The van der Waals surface area contributed by atoms with Crippen molar-refractivity contribution < 1.29 is 19.4 Å². The molecule has 0 aromatic rings. The summed E-state index contributed by atoms with van der Waals surface area (Å²) in [5.74, 6) is -1.73. The van der Waals surface area contributed by atoms with Gasteiger partial charge in [0.25, 0.3) is 0 Å². The third-order valence-electron chi connectivity index (χ3n) is 2.35. The van der Waals surface area contributed by atoms with Gasteiger partial charge in [0.1, 0.15) is 0 Å². The largest absolute Gasteiger partial charge is 0.478 e.